The van der Waals surface area contributed by atoms with E-state index in [9.17, 15) is 9.59 Å². The molecule has 1 atom stereocenters. The maximum Gasteiger partial charge on any atom is 0.312 e. The van der Waals surface area contributed by atoms with E-state index in [4.69, 9.17) is 10.5 Å². The first kappa shape index (κ1) is 17.8. The van der Waals surface area contributed by atoms with Gasteiger partial charge in [0.1, 0.15) is 18.4 Å². The number of carbonyl (C=O) groups is 2. The van der Waals surface area contributed by atoms with Gasteiger partial charge in [-0.1, -0.05) is 31.5 Å². The molecular formula is C16H25N3O3. The minimum atomic E-state index is -0.708. The van der Waals surface area contributed by atoms with Gasteiger partial charge in [0.15, 0.2) is 0 Å². The van der Waals surface area contributed by atoms with E-state index in [1.54, 1.807) is 0 Å². The third-order valence-corrected chi connectivity index (χ3v) is 3.24. The SMILES string of the molecule is Cc1ccc(OCCNC(=O)[C@@H](NC(N)=O)C(C)C)c(C)c1. The first-order chi connectivity index (χ1) is 10.3. The first-order valence-corrected chi connectivity index (χ1v) is 7.35. The van der Waals surface area contributed by atoms with E-state index in [2.05, 4.69) is 10.6 Å². The van der Waals surface area contributed by atoms with Crippen LogP contribution in [-0.4, -0.2) is 31.1 Å². The molecule has 0 aliphatic rings. The molecule has 0 aromatic heterocycles. The van der Waals surface area contributed by atoms with Crippen molar-refractivity contribution in [3.05, 3.63) is 29.3 Å². The van der Waals surface area contributed by atoms with Gasteiger partial charge < -0.3 is 21.1 Å². The number of hydrogen-bond donors (Lipinski definition) is 3. The van der Waals surface area contributed by atoms with Crippen molar-refractivity contribution in [3.63, 3.8) is 0 Å². The van der Waals surface area contributed by atoms with Gasteiger partial charge in [-0.2, -0.15) is 0 Å². The summed E-state index contributed by atoms with van der Waals surface area (Å²) in [4.78, 5) is 22.9. The standard InChI is InChI=1S/C16H25N3O3/c1-10(2)14(19-16(17)21)15(20)18-7-8-22-13-6-5-11(3)9-12(13)4/h5-6,9-10,14H,7-8H2,1-4H3,(H,18,20)(H3,17,19,21)/t14-/m0/s1. The van der Waals surface area contributed by atoms with Crippen molar-refractivity contribution in [2.75, 3.05) is 13.2 Å². The predicted molar refractivity (Wildman–Crippen MR) is 85.8 cm³/mol. The monoisotopic (exact) mass is 307 g/mol. The number of urea groups is 1. The Labute approximate surface area is 131 Å². The summed E-state index contributed by atoms with van der Waals surface area (Å²) in [5.74, 6) is 0.487. The van der Waals surface area contributed by atoms with Gasteiger partial charge in [0.05, 0.1) is 6.54 Å². The summed E-state index contributed by atoms with van der Waals surface area (Å²) < 4.78 is 5.64. The van der Waals surface area contributed by atoms with Crippen molar-refractivity contribution < 1.29 is 14.3 Å². The Morgan fingerprint density at radius 3 is 2.50 bits per heavy atom. The van der Waals surface area contributed by atoms with Crippen LogP contribution >= 0.6 is 0 Å². The molecule has 0 saturated carbocycles. The minimum absolute atomic E-state index is 0.0484. The lowest BCUT2D eigenvalue weighted by Gasteiger charge is -2.20. The number of benzene rings is 1. The molecule has 1 aromatic rings. The molecule has 122 valence electrons. The van der Waals surface area contributed by atoms with Crippen LogP contribution in [0.15, 0.2) is 18.2 Å². The Bertz CT molecular complexity index is 529. The van der Waals surface area contributed by atoms with Crippen molar-refractivity contribution in [2.24, 2.45) is 11.7 Å². The average Bonchev–Trinajstić information content (AvgIpc) is 2.42. The number of rotatable bonds is 7. The molecule has 0 aliphatic carbocycles. The quantitative estimate of drug-likeness (QED) is 0.666. The maximum atomic E-state index is 12.0. The number of nitrogens with one attached hydrogen (secondary N) is 2. The Morgan fingerprint density at radius 2 is 1.95 bits per heavy atom. The number of ether oxygens (including phenoxy) is 1. The molecule has 0 spiro atoms. The Balaban J connectivity index is 2.42. The lowest BCUT2D eigenvalue weighted by Crippen LogP contribution is -2.51. The minimum Gasteiger partial charge on any atom is -0.491 e. The molecule has 1 rings (SSSR count). The highest BCUT2D eigenvalue weighted by Gasteiger charge is 2.22. The molecule has 4 N–H and O–H groups in total. The van der Waals surface area contributed by atoms with Crippen molar-refractivity contribution in [1.82, 2.24) is 10.6 Å². The largest absolute Gasteiger partial charge is 0.491 e. The van der Waals surface area contributed by atoms with Crippen molar-refractivity contribution in [3.8, 4) is 5.75 Å². The van der Waals surface area contributed by atoms with E-state index in [0.717, 1.165) is 11.3 Å². The maximum absolute atomic E-state index is 12.0. The number of aryl methyl sites for hydroxylation is 2. The molecule has 3 amide bonds. The Hall–Kier alpha value is -2.24. The highest BCUT2D eigenvalue weighted by atomic mass is 16.5. The van der Waals surface area contributed by atoms with Gasteiger partial charge in [-0.25, -0.2) is 4.79 Å². The molecule has 6 nitrogen and oxygen atoms in total. The average molecular weight is 307 g/mol. The molecule has 1 aromatic carbocycles. The zero-order valence-corrected chi connectivity index (χ0v) is 13.6. The summed E-state index contributed by atoms with van der Waals surface area (Å²) in [5.41, 5.74) is 7.31. The highest BCUT2D eigenvalue weighted by molar-refractivity contribution is 5.86. The number of hydrogen-bond acceptors (Lipinski definition) is 3. The fourth-order valence-corrected chi connectivity index (χ4v) is 2.09. The van der Waals surface area contributed by atoms with E-state index < -0.39 is 12.1 Å². The summed E-state index contributed by atoms with van der Waals surface area (Å²) in [6.45, 7) is 8.40. The molecule has 6 heteroatoms. The second kappa shape index (κ2) is 8.26. The third-order valence-electron chi connectivity index (χ3n) is 3.24. The van der Waals surface area contributed by atoms with Crippen molar-refractivity contribution >= 4 is 11.9 Å². The zero-order chi connectivity index (χ0) is 16.7. The van der Waals surface area contributed by atoms with Crippen molar-refractivity contribution in [2.45, 2.75) is 33.7 Å². The van der Waals surface area contributed by atoms with Gasteiger partial charge in [-0.3, -0.25) is 4.79 Å². The molecular weight excluding hydrogens is 282 g/mol. The lowest BCUT2D eigenvalue weighted by atomic mass is 10.0. The van der Waals surface area contributed by atoms with E-state index in [1.165, 1.54) is 5.56 Å². The Morgan fingerprint density at radius 1 is 1.27 bits per heavy atom. The topological polar surface area (TPSA) is 93.4 Å². The zero-order valence-electron chi connectivity index (χ0n) is 13.6. The van der Waals surface area contributed by atoms with Crippen LogP contribution in [-0.2, 0) is 4.79 Å². The Kier molecular flexibility index (Phi) is 6.69. The number of carbonyl (C=O) groups excluding carboxylic acids is 2. The van der Waals surface area contributed by atoms with E-state index in [1.807, 2.05) is 45.9 Å². The molecule has 22 heavy (non-hydrogen) atoms. The lowest BCUT2D eigenvalue weighted by molar-refractivity contribution is -0.123. The number of nitrogens with two attached hydrogens (primary N) is 1. The van der Waals surface area contributed by atoms with E-state index >= 15 is 0 Å². The van der Waals surface area contributed by atoms with Crippen LogP contribution in [0, 0.1) is 19.8 Å². The summed E-state index contributed by atoms with van der Waals surface area (Å²) in [5, 5.41) is 5.18. The second-order valence-corrected chi connectivity index (χ2v) is 5.64. The first-order valence-electron chi connectivity index (χ1n) is 7.35. The highest BCUT2D eigenvalue weighted by Crippen LogP contribution is 2.18. The van der Waals surface area contributed by atoms with Gasteiger partial charge >= 0.3 is 6.03 Å². The van der Waals surface area contributed by atoms with Crippen LogP contribution in [0.5, 0.6) is 5.75 Å². The molecule has 0 fully saturated rings. The van der Waals surface area contributed by atoms with Gasteiger partial charge in [0.25, 0.3) is 0 Å². The third kappa shape index (κ3) is 5.63. The summed E-state index contributed by atoms with van der Waals surface area (Å²) >= 11 is 0. The predicted octanol–water partition coefficient (Wildman–Crippen LogP) is 1.49. The van der Waals surface area contributed by atoms with Gasteiger partial charge in [-0.05, 0) is 31.4 Å². The molecule has 0 bridgehead atoms. The van der Waals surface area contributed by atoms with Crippen molar-refractivity contribution in [1.29, 1.82) is 0 Å². The van der Waals surface area contributed by atoms with E-state index in [0.29, 0.717) is 13.2 Å². The smallest absolute Gasteiger partial charge is 0.312 e. The molecule has 0 saturated heterocycles. The molecule has 0 heterocycles. The molecule has 0 aliphatic heterocycles. The van der Waals surface area contributed by atoms with Crippen LogP contribution in [0.4, 0.5) is 4.79 Å². The fourth-order valence-electron chi connectivity index (χ4n) is 2.09. The normalized spacial score (nSPS) is 11.9. The number of primary amides is 1. The van der Waals surface area contributed by atoms with Crippen LogP contribution in [0.1, 0.15) is 25.0 Å². The van der Waals surface area contributed by atoms with Gasteiger partial charge in [-0.15, -0.1) is 0 Å². The summed E-state index contributed by atoms with van der Waals surface area (Å²) in [6, 6.07) is 4.59. The van der Waals surface area contributed by atoms with Crippen LogP contribution in [0.25, 0.3) is 0 Å². The summed E-state index contributed by atoms with van der Waals surface area (Å²) in [7, 11) is 0. The second-order valence-electron chi connectivity index (χ2n) is 5.64. The van der Waals surface area contributed by atoms with Crippen LogP contribution in [0.2, 0.25) is 0 Å². The van der Waals surface area contributed by atoms with Gasteiger partial charge in [0.2, 0.25) is 5.91 Å². The fraction of sp³-hybridized carbons (Fsp3) is 0.500. The number of amides is 3. The molecule has 0 radical (unpaired) electrons. The van der Waals surface area contributed by atoms with Gasteiger partial charge in [0, 0.05) is 0 Å². The van der Waals surface area contributed by atoms with Crippen LogP contribution in [0.3, 0.4) is 0 Å². The molecule has 0 unspecified atom stereocenters. The summed E-state index contributed by atoms with van der Waals surface area (Å²) in [6.07, 6.45) is 0. The van der Waals surface area contributed by atoms with Crippen LogP contribution < -0.4 is 21.1 Å². The van der Waals surface area contributed by atoms with E-state index in [-0.39, 0.29) is 11.8 Å².